The van der Waals surface area contributed by atoms with E-state index in [4.69, 9.17) is 15.2 Å². The molecule has 2 atom stereocenters. The zero-order chi connectivity index (χ0) is 21.1. The number of aromatic nitrogens is 2. The normalized spacial score (nSPS) is 24.9. The van der Waals surface area contributed by atoms with Crippen molar-refractivity contribution in [3.63, 3.8) is 0 Å². The van der Waals surface area contributed by atoms with Crippen molar-refractivity contribution in [1.82, 2.24) is 14.9 Å². The van der Waals surface area contributed by atoms with Crippen LogP contribution >= 0.6 is 0 Å². The Labute approximate surface area is 173 Å². The molecule has 1 saturated heterocycles. The lowest BCUT2D eigenvalue weighted by atomic mass is 9.74. The third-order valence-corrected chi connectivity index (χ3v) is 5.26. The van der Waals surface area contributed by atoms with Crippen LogP contribution in [0.2, 0.25) is 0 Å². The van der Waals surface area contributed by atoms with Gasteiger partial charge in [0.05, 0.1) is 18.7 Å². The van der Waals surface area contributed by atoms with Gasteiger partial charge in [-0.25, -0.2) is 14.4 Å². The highest BCUT2D eigenvalue weighted by atomic mass is 19.1. The molecule has 0 bridgehead atoms. The van der Waals surface area contributed by atoms with Crippen molar-refractivity contribution in [1.29, 1.82) is 0 Å². The van der Waals surface area contributed by atoms with Crippen LogP contribution < -0.4 is 10.5 Å². The molecule has 2 N–H and O–H groups in total. The average molecular weight is 413 g/mol. The van der Waals surface area contributed by atoms with Gasteiger partial charge in [0.1, 0.15) is 17.1 Å². The molecule has 0 spiro atoms. The second-order valence-electron chi connectivity index (χ2n) is 7.53. The first kappa shape index (κ1) is 20.2. The summed E-state index contributed by atoms with van der Waals surface area (Å²) in [5, 5.41) is 0. The van der Waals surface area contributed by atoms with E-state index in [1.54, 1.807) is 7.05 Å². The molecule has 30 heavy (non-hydrogen) atoms. The van der Waals surface area contributed by atoms with E-state index in [-0.39, 0.29) is 29.9 Å². The Hall–Kier alpha value is -3.07. The number of hydrogen-bond donors (Lipinski definition) is 1. The Bertz CT molecular complexity index is 950. The van der Waals surface area contributed by atoms with Gasteiger partial charge in [0.2, 0.25) is 11.8 Å². The van der Waals surface area contributed by atoms with Crippen molar-refractivity contribution in [3.8, 4) is 11.6 Å². The molecule has 9 heteroatoms. The quantitative estimate of drug-likeness (QED) is 0.830. The number of benzene rings is 1. The first-order valence-corrected chi connectivity index (χ1v) is 9.96. The SMILES string of the molecule is C1CC1.CN1C(=O)C2CCOCC2(c2cc(Oc3cnccn3)ccc2F)N=C1N. The van der Waals surface area contributed by atoms with E-state index in [9.17, 15) is 9.18 Å². The Morgan fingerprint density at radius 3 is 2.80 bits per heavy atom. The van der Waals surface area contributed by atoms with Gasteiger partial charge in [-0.2, -0.15) is 0 Å². The molecule has 0 radical (unpaired) electrons. The predicted octanol–water partition coefficient (Wildman–Crippen LogP) is 2.60. The average Bonchev–Trinajstić information content (AvgIpc) is 3.64. The van der Waals surface area contributed by atoms with Crippen LogP contribution in [0.15, 0.2) is 41.8 Å². The van der Waals surface area contributed by atoms with Gasteiger partial charge in [-0.05, 0) is 24.6 Å². The summed E-state index contributed by atoms with van der Waals surface area (Å²) in [4.78, 5) is 26.5. The summed E-state index contributed by atoms with van der Waals surface area (Å²) in [5.41, 5.74) is 4.92. The van der Waals surface area contributed by atoms with E-state index in [2.05, 4.69) is 15.0 Å². The number of fused-ring (bicyclic) bond motifs is 1. The Morgan fingerprint density at radius 1 is 1.30 bits per heavy atom. The van der Waals surface area contributed by atoms with Crippen molar-refractivity contribution in [2.24, 2.45) is 16.6 Å². The number of carbonyl (C=O) groups excluding carboxylic acids is 1. The van der Waals surface area contributed by atoms with Gasteiger partial charge in [-0.3, -0.25) is 14.7 Å². The summed E-state index contributed by atoms with van der Waals surface area (Å²) < 4.78 is 26.1. The number of ether oxygens (including phenoxy) is 2. The molecular weight excluding hydrogens is 389 g/mol. The van der Waals surface area contributed by atoms with E-state index < -0.39 is 17.3 Å². The minimum Gasteiger partial charge on any atom is -0.437 e. The number of amides is 1. The van der Waals surface area contributed by atoms with Gasteiger partial charge < -0.3 is 15.2 Å². The van der Waals surface area contributed by atoms with Crippen LogP contribution in [0.3, 0.4) is 0 Å². The summed E-state index contributed by atoms with van der Waals surface area (Å²) in [6.45, 7) is 0.461. The Morgan fingerprint density at radius 2 is 2.10 bits per heavy atom. The van der Waals surface area contributed by atoms with Crippen LogP contribution in [0.5, 0.6) is 11.6 Å². The number of rotatable bonds is 3. The molecule has 1 saturated carbocycles. The van der Waals surface area contributed by atoms with Gasteiger partial charge in [0, 0.05) is 31.6 Å². The fourth-order valence-corrected chi connectivity index (χ4v) is 3.52. The molecule has 1 aromatic heterocycles. The highest BCUT2D eigenvalue weighted by Gasteiger charge is 2.52. The lowest BCUT2D eigenvalue weighted by Crippen LogP contribution is -2.58. The van der Waals surface area contributed by atoms with Gasteiger partial charge in [0.25, 0.3) is 0 Å². The molecule has 8 nitrogen and oxygen atoms in total. The monoisotopic (exact) mass is 413 g/mol. The van der Waals surface area contributed by atoms with E-state index in [1.165, 1.54) is 61.0 Å². The summed E-state index contributed by atoms with van der Waals surface area (Å²) in [7, 11) is 1.56. The minimum atomic E-state index is -1.22. The topological polar surface area (TPSA) is 103 Å². The van der Waals surface area contributed by atoms with E-state index in [0.29, 0.717) is 18.8 Å². The highest BCUT2D eigenvalue weighted by molar-refractivity contribution is 6.00. The Kier molecular flexibility index (Phi) is 5.63. The predicted molar refractivity (Wildman–Crippen MR) is 107 cm³/mol. The molecule has 3 aliphatic rings. The van der Waals surface area contributed by atoms with E-state index in [1.807, 2.05) is 0 Å². The Balaban J connectivity index is 0.000000667. The fourth-order valence-electron chi connectivity index (χ4n) is 3.52. The number of nitrogens with zero attached hydrogens (tertiary/aromatic N) is 4. The first-order valence-electron chi connectivity index (χ1n) is 9.96. The summed E-state index contributed by atoms with van der Waals surface area (Å²) in [6.07, 6.45) is 9.38. The van der Waals surface area contributed by atoms with E-state index in [0.717, 1.165) is 0 Å². The lowest BCUT2D eigenvalue weighted by Gasteiger charge is -2.45. The number of carbonyl (C=O) groups is 1. The van der Waals surface area contributed by atoms with Crippen molar-refractivity contribution in [2.45, 2.75) is 31.2 Å². The van der Waals surface area contributed by atoms with Gasteiger partial charge in [-0.15, -0.1) is 0 Å². The second kappa shape index (κ2) is 8.35. The molecular formula is C21H24FN5O3. The molecule has 5 rings (SSSR count). The summed E-state index contributed by atoms with van der Waals surface area (Å²) >= 11 is 0. The number of guanidine groups is 1. The maximum Gasteiger partial charge on any atom is 0.237 e. The molecule has 2 unspecified atom stereocenters. The molecule has 1 aliphatic carbocycles. The molecule has 2 fully saturated rings. The standard InChI is InChI=1S/C18H18FN5O3.C3H6/c1-24-16(25)12-4-7-26-10-18(12,23-17(24)20)13-8-11(2-3-14(13)19)27-15-9-21-5-6-22-15;1-2-3-1/h2-3,5-6,8-9,12H,4,7,10H2,1H3,(H2,20,23);1-3H2. The zero-order valence-electron chi connectivity index (χ0n) is 16.8. The molecule has 2 aromatic rings. The second-order valence-corrected chi connectivity index (χ2v) is 7.53. The number of aliphatic imine (C=N–C) groups is 1. The number of halogens is 1. The van der Waals surface area contributed by atoms with E-state index >= 15 is 0 Å². The molecule has 2 aliphatic heterocycles. The highest BCUT2D eigenvalue weighted by Crippen LogP contribution is 2.44. The first-order chi connectivity index (χ1) is 14.5. The van der Waals surface area contributed by atoms with Crippen molar-refractivity contribution >= 4 is 11.9 Å². The summed E-state index contributed by atoms with van der Waals surface area (Å²) in [6, 6.07) is 4.27. The number of hydrogen-bond acceptors (Lipinski definition) is 7. The largest absolute Gasteiger partial charge is 0.437 e. The third-order valence-electron chi connectivity index (χ3n) is 5.26. The van der Waals surface area contributed by atoms with Gasteiger partial charge in [0.15, 0.2) is 5.96 Å². The maximum absolute atomic E-state index is 14.8. The van der Waals surface area contributed by atoms with Crippen LogP contribution in [0.4, 0.5) is 4.39 Å². The maximum atomic E-state index is 14.8. The van der Waals surface area contributed by atoms with Crippen LogP contribution in [-0.4, -0.2) is 47.0 Å². The third kappa shape index (κ3) is 3.97. The smallest absolute Gasteiger partial charge is 0.237 e. The zero-order valence-corrected chi connectivity index (χ0v) is 16.8. The summed E-state index contributed by atoms with van der Waals surface area (Å²) in [5.74, 6) is -0.625. The molecule has 1 amide bonds. The van der Waals surface area contributed by atoms with Crippen LogP contribution in [0, 0.1) is 11.7 Å². The van der Waals surface area contributed by atoms with Crippen LogP contribution in [0.1, 0.15) is 31.2 Å². The van der Waals surface area contributed by atoms with Crippen molar-refractivity contribution < 1.29 is 18.7 Å². The minimum absolute atomic E-state index is 0.0291. The van der Waals surface area contributed by atoms with Crippen LogP contribution in [0.25, 0.3) is 0 Å². The van der Waals surface area contributed by atoms with Gasteiger partial charge in [-0.1, -0.05) is 19.3 Å². The van der Waals surface area contributed by atoms with Crippen molar-refractivity contribution in [2.75, 3.05) is 20.3 Å². The molecule has 1 aromatic carbocycles. The van der Waals surface area contributed by atoms with Crippen molar-refractivity contribution in [3.05, 3.63) is 48.2 Å². The number of nitrogens with two attached hydrogens (primary N) is 1. The van der Waals surface area contributed by atoms with Crippen LogP contribution in [-0.2, 0) is 15.1 Å². The lowest BCUT2D eigenvalue weighted by molar-refractivity contribution is -0.140. The molecule has 3 heterocycles. The molecule has 158 valence electrons. The van der Waals surface area contributed by atoms with Gasteiger partial charge >= 0.3 is 0 Å². The fraction of sp³-hybridized carbons (Fsp3) is 0.429.